The third-order valence-corrected chi connectivity index (χ3v) is 5.38. The first-order chi connectivity index (χ1) is 15.2. The van der Waals surface area contributed by atoms with Crippen LogP contribution in [0.15, 0.2) is 91.1 Å². The lowest BCUT2D eigenvalue weighted by atomic mass is 9.95. The van der Waals surface area contributed by atoms with Crippen LogP contribution in [-0.4, -0.2) is 28.6 Å². The molecule has 1 aromatic heterocycles. The number of esters is 1. The molecule has 0 N–H and O–H groups in total. The summed E-state index contributed by atoms with van der Waals surface area (Å²) in [4.78, 5) is 26.2. The molecule has 0 radical (unpaired) electrons. The maximum absolute atomic E-state index is 13.8. The van der Waals surface area contributed by atoms with E-state index >= 15 is 0 Å². The standard InChI is InChI=1S/C26H18N2O3/c1-31-26(30)23-16-27-28(20-11-3-2-4-12-20)24(23)25(29)21-13-7-10-19-14-17-8-5-6-9-18(17)15-22(19)21/h2-16H,1H3. The fraction of sp³-hybridized carbons (Fsp3) is 0.0385. The molecular weight excluding hydrogens is 388 g/mol. The van der Waals surface area contributed by atoms with Crippen LogP contribution in [0.1, 0.15) is 26.4 Å². The summed E-state index contributed by atoms with van der Waals surface area (Å²) in [6.07, 6.45) is 1.38. The SMILES string of the molecule is COC(=O)c1cnn(-c2ccccc2)c1C(=O)c1cccc2cc3ccccc3cc12. The van der Waals surface area contributed by atoms with Gasteiger partial charge in [0.15, 0.2) is 0 Å². The van der Waals surface area contributed by atoms with E-state index < -0.39 is 5.97 Å². The molecule has 5 heteroatoms. The summed E-state index contributed by atoms with van der Waals surface area (Å²) in [6.45, 7) is 0. The van der Waals surface area contributed by atoms with E-state index in [1.54, 1.807) is 6.07 Å². The number of aromatic nitrogens is 2. The van der Waals surface area contributed by atoms with E-state index in [9.17, 15) is 9.59 Å². The largest absolute Gasteiger partial charge is 0.465 e. The number of ketones is 1. The molecule has 0 aliphatic rings. The Morgan fingerprint density at radius 2 is 1.45 bits per heavy atom. The predicted molar refractivity (Wildman–Crippen MR) is 120 cm³/mol. The minimum Gasteiger partial charge on any atom is -0.465 e. The highest BCUT2D eigenvalue weighted by atomic mass is 16.5. The van der Waals surface area contributed by atoms with E-state index in [2.05, 4.69) is 11.2 Å². The van der Waals surface area contributed by atoms with Gasteiger partial charge in [0.25, 0.3) is 0 Å². The van der Waals surface area contributed by atoms with Gasteiger partial charge in [-0.25, -0.2) is 9.48 Å². The maximum atomic E-state index is 13.8. The molecule has 0 saturated carbocycles. The molecule has 1 heterocycles. The van der Waals surface area contributed by atoms with E-state index in [0.29, 0.717) is 11.3 Å². The van der Waals surface area contributed by atoms with Crippen LogP contribution in [0.4, 0.5) is 0 Å². The van der Waals surface area contributed by atoms with Crippen molar-refractivity contribution in [3.05, 3.63) is 108 Å². The summed E-state index contributed by atoms with van der Waals surface area (Å²) in [5, 5.41) is 8.25. The number of carbonyl (C=O) groups is 2. The number of benzene rings is 4. The van der Waals surface area contributed by atoms with Crippen molar-refractivity contribution in [3.63, 3.8) is 0 Å². The van der Waals surface area contributed by atoms with Crippen LogP contribution in [0.3, 0.4) is 0 Å². The van der Waals surface area contributed by atoms with Crippen molar-refractivity contribution in [3.8, 4) is 5.69 Å². The molecule has 0 spiro atoms. The van der Waals surface area contributed by atoms with E-state index in [1.165, 1.54) is 18.0 Å². The van der Waals surface area contributed by atoms with Gasteiger partial charge in [-0.2, -0.15) is 5.10 Å². The molecule has 5 rings (SSSR count). The number of carbonyl (C=O) groups excluding carboxylic acids is 2. The molecular formula is C26H18N2O3. The number of rotatable bonds is 4. The number of fused-ring (bicyclic) bond motifs is 2. The third-order valence-electron chi connectivity index (χ3n) is 5.38. The Morgan fingerprint density at radius 3 is 2.19 bits per heavy atom. The molecule has 5 aromatic rings. The lowest BCUT2D eigenvalue weighted by Crippen LogP contribution is -2.15. The monoisotopic (exact) mass is 406 g/mol. The topological polar surface area (TPSA) is 61.2 Å². The molecule has 5 nitrogen and oxygen atoms in total. The summed E-state index contributed by atoms with van der Waals surface area (Å²) in [5.74, 6) is -0.890. The molecule has 150 valence electrons. The zero-order valence-electron chi connectivity index (χ0n) is 16.8. The van der Waals surface area contributed by atoms with Gasteiger partial charge in [0.05, 0.1) is 19.0 Å². The number of hydrogen-bond acceptors (Lipinski definition) is 4. The zero-order valence-corrected chi connectivity index (χ0v) is 16.8. The highest BCUT2D eigenvalue weighted by Crippen LogP contribution is 2.28. The molecule has 0 amide bonds. The van der Waals surface area contributed by atoms with Crippen LogP contribution in [0.5, 0.6) is 0 Å². The number of hydrogen-bond donors (Lipinski definition) is 0. The summed E-state index contributed by atoms with van der Waals surface area (Å²) < 4.78 is 6.41. The lowest BCUT2D eigenvalue weighted by Gasteiger charge is -2.11. The van der Waals surface area contributed by atoms with Crippen molar-refractivity contribution in [1.82, 2.24) is 9.78 Å². The Morgan fingerprint density at radius 1 is 0.774 bits per heavy atom. The van der Waals surface area contributed by atoms with Crippen molar-refractivity contribution in [1.29, 1.82) is 0 Å². The molecule has 0 unspecified atom stereocenters. The molecule has 0 fully saturated rings. The second-order valence-electron chi connectivity index (χ2n) is 7.20. The highest BCUT2D eigenvalue weighted by molar-refractivity contribution is 6.20. The van der Waals surface area contributed by atoms with Crippen molar-refractivity contribution in [2.24, 2.45) is 0 Å². The van der Waals surface area contributed by atoms with E-state index in [4.69, 9.17) is 4.74 Å². The molecule has 0 atom stereocenters. The second-order valence-corrected chi connectivity index (χ2v) is 7.20. The molecule has 31 heavy (non-hydrogen) atoms. The molecule has 0 aliphatic carbocycles. The molecule has 0 aliphatic heterocycles. The Balaban J connectivity index is 1.75. The Hall–Kier alpha value is -4.25. The van der Waals surface area contributed by atoms with Gasteiger partial charge in [0.1, 0.15) is 11.3 Å². The first-order valence-electron chi connectivity index (χ1n) is 9.85. The first kappa shape index (κ1) is 18.8. The van der Waals surface area contributed by atoms with E-state index in [0.717, 1.165) is 21.5 Å². The number of para-hydroxylation sites is 1. The van der Waals surface area contributed by atoms with Crippen LogP contribution in [-0.2, 0) is 4.74 Å². The number of ether oxygens (including phenoxy) is 1. The fourth-order valence-electron chi connectivity index (χ4n) is 3.88. The van der Waals surface area contributed by atoms with Crippen molar-refractivity contribution in [2.75, 3.05) is 7.11 Å². The average Bonchev–Trinajstić information content (AvgIpc) is 3.27. The predicted octanol–water partition coefficient (Wildman–Crippen LogP) is 5.20. The van der Waals surface area contributed by atoms with Gasteiger partial charge in [-0.1, -0.05) is 60.7 Å². The van der Waals surface area contributed by atoms with Crippen LogP contribution >= 0.6 is 0 Å². The van der Waals surface area contributed by atoms with Crippen LogP contribution < -0.4 is 0 Å². The van der Waals surface area contributed by atoms with Crippen LogP contribution in [0, 0.1) is 0 Å². The van der Waals surface area contributed by atoms with Crippen LogP contribution in [0.25, 0.3) is 27.2 Å². The maximum Gasteiger partial charge on any atom is 0.341 e. The fourth-order valence-corrected chi connectivity index (χ4v) is 3.88. The molecule has 4 aromatic carbocycles. The average molecular weight is 406 g/mol. The zero-order chi connectivity index (χ0) is 21.4. The Bertz CT molecular complexity index is 1450. The minimum atomic E-state index is -0.601. The van der Waals surface area contributed by atoms with Crippen LogP contribution in [0.2, 0.25) is 0 Å². The summed E-state index contributed by atoms with van der Waals surface area (Å²) in [7, 11) is 1.29. The van der Waals surface area contributed by atoms with Gasteiger partial charge >= 0.3 is 5.97 Å². The Labute approximate surface area is 178 Å². The van der Waals surface area contributed by atoms with Gasteiger partial charge in [0, 0.05) is 5.56 Å². The van der Waals surface area contributed by atoms with E-state index in [-0.39, 0.29) is 17.0 Å². The van der Waals surface area contributed by atoms with Crippen molar-refractivity contribution in [2.45, 2.75) is 0 Å². The first-order valence-corrected chi connectivity index (χ1v) is 9.85. The normalized spacial score (nSPS) is 11.0. The summed E-state index contributed by atoms with van der Waals surface area (Å²) in [5.41, 5.74) is 1.51. The summed E-state index contributed by atoms with van der Waals surface area (Å²) >= 11 is 0. The van der Waals surface area contributed by atoms with Gasteiger partial charge in [0.2, 0.25) is 5.78 Å². The second kappa shape index (κ2) is 7.54. The smallest absolute Gasteiger partial charge is 0.341 e. The summed E-state index contributed by atoms with van der Waals surface area (Å²) in [6, 6.07) is 27.0. The number of nitrogens with zero attached hydrogens (tertiary/aromatic N) is 2. The van der Waals surface area contributed by atoms with Gasteiger partial charge in [-0.3, -0.25) is 4.79 Å². The quantitative estimate of drug-likeness (QED) is 0.234. The highest BCUT2D eigenvalue weighted by Gasteiger charge is 2.26. The number of methoxy groups -OCH3 is 1. The molecule has 0 saturated heterocycles. The van der Waals surface area contributed by atoms with Gasteiger partial charge in [-0.05, 0) is 45.8 Å². The third kappa shape index (κ3) is 3.16. The van der Waals surface area contributed by atoms with Gasteiger partial charge in [-0.15, -0.1) is 0 Å². The van der Waals surface area contributed by atoms with Crippen molar-refractivity contribution < 1.29 is 14.3 Å². The molecule has 0 bridgehead atoms. The van der Waals surface area contributed by atoms with Crippen molar-refractivity contribution >= 4 is 33.3 Å². The Kier molecular flexibility index (Phi) is 4.56. The lowest BCUT2D eigenvalue weighted by molar-refractivity contribution is 0.0597. The van der Waals surface area contributed by atoms with Gasteiger partial charge < -0.3 is 4.74 Å². The van der Waals surface area contributed by atoms with E-state index in [1.807, 2.05) is 72.8 Å². The minimum absolute atomic E-state index is 0.133.